The molecule has 0 saturated heterocycles. The molecule has 0 radical (unpaired) electrons. The van der Waals surface area contributed by atoms with Gasteiger partial charge in [-0.2, -0.15) is 5.10 Å². The third-order valence-electron chi connectivity index (χ3n) is 1.86. The number of aromatic nitrogens is 2. The Kier molecular flexibility index (Phi) is 2.87. The Labute approximate surface area is 74.0 Å². The molecular formula is C9H17N3. The number of likely N-dealkylation sites (N-methyl/N-ethyl adjacent to an activating group) is 1. The van der Waals surface area contributed by atoms with Crippen molar-refractivity contribution in [1.82, 2.24) is 14.7 Å². The van der Waals surface area contributed by atoms with Gasteiger partial charge in [0.1, 0.15) is 0 Å². The Balaban J connectivity index is 2.57. The molecule has 0 spiro atoms. The molecular weight excluding hydrogens is 150 g/mol. The second kappa shape index (κ2) is 3.72. The zero-order valence-electron chi connectivity index (χ0n) is 8.33. The average molecular weight is 167 g/mol. The third-order valence-corrected chi connectivity index (χ3v) is 1.86. The van der Waals surface area contributed by atoms with Crippen LogP contribution in [0.2, 0.25) is 0 Å². The lowest BCUT2D eigenvalue weighted by Crippen LogP contribution is -2.19. The van der Waals surface area contributed by atoms with E-state index in [4.69, 9.17) is 0 Å². The predicted octanol–water partition coefficient (Wildman–Crippen LogP) is 1.06. The summed E-state index contributed by atoms with van der Waals surface area (Å²) in [5, 5.41) is 4.37. The highest BCUT2D eigenvalue weighted by atomic mass is 15.3. The summed E-state index contributed by atoms with van der Waals surface area (Å²) in [5.41, 5.74) is 2.35. The maximum atomic E-state index is 4.37. The van der Waals surface area contributed by atoms with Gasteiger partial charge in [0.15, 0.2) is 0 Å². The lowest BCUT2D eigenvalue weighted by atomic mass is 10.4. The second-order valence-corrected chi connectivity index (χ2v) is 3.45. The molecule has 3 nitrogen and oxygen atoms in total. The van der Waals surface area contributed by atoms with E-state index in [1.165, 1.54) is 5.69 Å². The van der Waals surface area contributed by atoms with Gasteiger partial charge in [0, 0.05) is 12.2 Å². The van der Waals surface area contributed by atoms with Crippen molar-refractivity contribution in [2.75, 3.05) is 20.6 Å². The van der Waals surface area contributed by atoms with Crippen LogP contribution in [0.1, 0.15) is 11.4 Å². The van der Waals surface area contributed by atoms with Crippen LogP contribution >= 0.6 is 0 Å². The van der Waals surface area contributed by atoms with Gasteiger partial charge in [-0.05, 0) is 34.0 Å². The minimum Gasteiger partial charge on any atom is -0.308 e. The van der Waals surface area contributed by atoms with E-state index in [1.54, 1.807) is 0 Å². The summed E-state index contributed by atoms with van der Waals surface area (Å²) in [6, 6.07) is 2.11. The predicted molar refractivity (Wildman–Crippen MR) is 50.3 cm³/mol. The van der Waals surface area contributed by atoms with Crippen molar-refractivity contribution in [1.29, 1.82) is 0 Å². The van der Waals surface area contributed by atoms with Crippen molar-refractivity contribution in [2.24, 2.45) is 0 Å². The summed E-state index contributed by atoms with van der Waals surface area (Å²) in [6.07, 6.45) is 0. The zero-order chi connectivity index (χ0) is 9.14. The standard InChI is InChI=1S/C9H17N3/c1-8-7-9(2)12(10-8)6-5-11(3)4/h7H,5-6H2,1-4H3. The van der Waals surface area contributed by atoms with E-state index in [9.17, 15) is 0 Å². The van der Waals surface area contributed by atoms with Crippen LogP contribution in [-0.4, -0.2) is 35.3 Å². The van der Waals surface area contributed by atoms with Gasteiger partial charge < -0.3 is 4.90 Å². The Morgan fingerprint density at radius 1 is 1.42 bits per heavy atom. The molecule has 0 aliphatic rings. The monoisotopic (exact) mass is 167 g/mol. The molecule has 0 amide bonds. The molecule has 12 heavy (non-hydrogen) atoms. The maximum Gasteiger partial charge on any atom is 0.0596 e. The molecule has 1 heterocycles. The molecule has 1 aromatic heterocycles. The molecule has 3 heteroatoms. The first-order valence-corrected chi connectivity index (χ1v) is 4.25. The SMILES string of the molecule is Cc1cc(C)n(CCN(C)C)n1. The van der Waals surface area contributed by atoms with Crippen LogP contribution in [-0.2, 0) is 6.54 Å². The summed E-state index contributed by atoms with van der Waals surface area (Å²) in [6.45, 7) is 6.14. The lowest BCUT2D eigenvalue weighted by molar-refractivity contribution is 0.370. The van der Waals surface area contributed by atoms with Crippen molar-refractivity contribution in [3.63, 3.8) is 0 Å². The van der Waals surface area contributed by atoms with Crippen LogP contribution in [0.15, 0.2) is 6.07 Å². The first kappa shape index (κ1) is 9.26. The zero-order valence-corrected chi connectivity index (χ0v) is 8.33. The Bertz CT molecular complexity index is 250. The summed E-state index contributed by atoms with van der Waals surface area (Å²) < 4.78 is 2.05. The van der Waals surface area contributed by atoms with E-state index in [-0.39, 0.29) is 0 Å². The number of nitrogens with zero attached hydrogens (tertiary/aromatic N) is 3. The number of rotatable bonds is 3. The maximum absolute atomic E-state index is 4.37. The molecule has 0 fully saturated rings. The minimum absolute atomic E-state index is 0.979. The van der Waals surface area contributed by atoms with E-state index in [0.717, 1.165) is 18.8 Å². The van der Waals surface area contributed by atoms with Crippen molar-refractivity contribution >= 4 is 0 Å². The number of aryl methyl sites for hydroxylation is 2. The molecule has 68 valence electrons. The van der Waals surface area contributed by atoms with Crippen LogP contribution in [0.5, 0.6) is 0 Å². The molecule has 0 saturated carbocycles. The molecule has 0 N–H and O–H groups in total. The smallest absolute Gasteiger partial charge is 0.0596 e. The fraction of sp³-hybridized carbons (Fsp3) is 0.667. The largest absolute Gasteiger partial charge is 0.308 e. The van der Waals surface area contributed by atoms with Crippen LogP contribution in [0.25, 0.3) is 0 Å². The van der Waals surface area contributed by atoms with Gasteiger partial charge in [-0.3, -0.25) is 4.68 Å². The summed E-state index contributed by atoms with van der Waals surface area (Å²) in [7, 11) is 4.15. The molecule has 0 atom stereocenters. The fourth-order valence-corrected chi connectivity index (χ4v) is 1.20. The van der Waals surface area contributed by atoms with Gasteiger partial charge in [-0.25, -0.2) is 0 Å². The van der Waals surface area contributed by atoms with Gasteiger partial charge in [-0.1, -0.05) is 0 Å². The third kappa shape index (κ3) is 2.34. The fourth-order valence-electron chi connectivity index (χ4n) is 1.20. The van der Waals surface area contributed by atoms with Gasteiger partial charge in [0.05, 0.1) is 12.2 Å². The highest BCUT2D eigenvalue weighted by Crippen LogP contribution is 2.00. The average Bonchev–Trinajstić information content (AvgIpc) is 2.26. The highest BCUT2D eigenvalue weighted by Gasteiger charge is 1.99. The van der Waals surface area contributed by atoms with Crippen molar-refractivity contribution in [3.8, 4) is 0 Å². The van der Waals surface area contributed by atoms with Gasteiger partial charge in [0.2, 0.25) is 0 Å². The Morgan fingerprint density at radius 3 is 2.50 bits per heavy atom. The van der Waals surface area contributed by atoms with Crippen LogP contribution in [0.3, 0.4) is 0 Å². The number of hydrogen-bond donors (Lipinski definition) is 0. The quantitative estimate of drug-likeness (QED) is 0.671. The lowest BCUT2D eigenvalue weighted by Gasteiger charge is -2.10. The van der Waals surface area contributed by atoms with Gasteiger partial charge >= 0.3 is 0 Å². The van der Waals surface area contributed by atoms with E-state index < -0.39 is 0 Å². The minimum atomic E-state index is 0.979. The highest BCUT2D eigenvalue weighted by molar-refractivity contribution is 5.06. The van der Waals surface area contributed by atoms with E-state index in [0.29, 0.717) is 0 Å². The first-order chi connectivity index (χ1) is 5.59. The normalized spacial score (nSPS) is 11.1. The van der Waals surface area contributed by atoms with Crippen molar-refractivity contribution < 1.29 is 0 Å². The van der Waals surface area contributed by atoms with E-state index in [2.05, 4.69) is 41.8 Å². The Morgan fingerprint density at radius 2 is 2.08 bits per heavy atom. The van der Waals surface area contributed by atoms with Crippen LogP contribution in [0, 0.1) is 13.8 Å². The number of hydrogen-bond acceptors (Lipinski definition) is 2. The van der Waals surface area contributed by atoms with Crippen molar-refractivity contribution in [3.05, 3.63) is 17.5 Å². The summed E-state index contributed by atoms with van der Waals surface area (Å²) in [5.74, 6) is 0. The first-order valence-electron chi connectivity index (χ1n) is 4.25. The van der Waals surface area contributed by atoms with E-state index in [1.807, 2.05) is 6.92 Å². The van der Waals surface area contributed by atoms with Gasteiger partial charge in [0.25, 0.3) is 0 Å². The topological polar surface area (TPSA) is 21.1 Å². The van der Waals surface area contributed by atoms with Crippen LogP contribution in [0.4, 0.5) is 0 Å². The molecule has 0 aliphatic carbocycles. The van der Waals surface area contributed by atoms with Gasteiger partial charge in [-0.15, -0.1) is 0 Å². The van der Waals surface area contributed by atoms with E-state index >= 15 is 0 Å². The molecule has 1 rings (SSSR count). The summed E-state index contributed by atoms with van der Waals surface area (Å²) >= 11 is 0. The molecule has 0 unspecified atom stereocenters. The molecule has 0 aliphatic heterocycles. The Hall–Kier alpha value is -0.830. The molecule has 0 bridgehead atoms. The molecule has 1 aromatic rings. The molecule has 0 aromatic carbocycles. The van der Waals surface area contributed by atoms with Crippen LogP contribution < -0.4 is 0 Å². The van der Waals surface area contributed by atoms with Crippen molar-refractivity contribution in [2.45, 2.75) is 20.4 Å². The second-order valence-electron chi connectivity index (χ2n) is 3.45. The summed E-state index contributed by atoms with van der Waals surface area (Å²) in [4.78, 5) is 2.16.